The summed E-state index contributed by atoms with van der Waals surface area (Å²) in [6.45, 7) is 7.06. The number of methoxy groups -OCH3 is 1. The summed E-state index contributed by atoms with van der Waals surface area (Å²) in [5, 5.41) is 26.9. The fourth-order valence-electron chi connectivity index (χ4n) is 8.56. The Morgan fingerprint density at radius 1 is 1.12 bits per heavy atom. The first-order chi connectivity index (χ1) is 25.0. The highest BCUT2D eigenvalue weighted by Gasteiger charge is 2.60. The van der Waals surface area contributed by atoms with E-state index in [0.717, 1.165) is 11.1 Å². The van der Waals surface area contributed by atoms with Gasteiger partial charge in [-0.15, -0.1) is 11.8 Å². The number of fused-ring (bicyclic) bond motifs is 9. The fourth-order valence-corrected chi connectivity index (χ4v) is 10.0. The number of rotatable bonds is 10. The molecule has 4 aliphatic rings. The number of hydrogen-bond acceptors (Lipinski definition) is 13. The fraction of sp³-hybridized carbons (Fsp3) is 0.447. The predicted octanol–water partition coefficient (Wildman–Crippen LogP) is 4.09. The maximum Gasteiger partial charge on any atom is 0.308 e. The molecule has 0 aromatic heterocycles. The zero-order valence-corrected chi connectivity index (χ0v) is 30.7. The van der Waals surface area contributed by atoms with Crippen molar-refractivity contribution < 1.29 is 48.3 Å². The highest BCUT2D eigenvalue weighted by molar-refractivity contribution is 7.99. The first-order valence-electron chi connectivity index (χ1n) is 17.2. The van der Waals surface area contributed by atoms with Gasteiger partial charge in [-0.05, 0) is 57.5 Å². The average Bonchev–Trinajstić information content (AvgIpc) is 3.61. The third-order valence-electron chi connectivity index (χ3n) is 10.6. The monoisotopic (exact) mass is 733 g/mol. The molecule has 0 radical (unpaired) electrons. The molecule has 1 saturated heterocycles. The van der Waals surface area contributed by atoms with E-state index in [9.17, 15) is 24.6 Å². The van der Waals surface area contributed by atoms with Crippen LogP contribution in [0.15, 0.2) is 36.4 Å². The van der Waals surface area contributed by atoms with Crippen LogP contribution in [0.3, 0.4) is 0 Å². The van der Waals surface area contributed by atoms with Crippen LogP contribution in [0, 0.1) is 13.8 Å². The van der Waals surface area contributed by atoms with Gasteiger partial charge in [-0.3, -0.25) is 24.2 Å². The highest BCUT2D eigenvalue weighted by atomic mass is 32.2. The van der Waals surface area contributed by atoms with E-state index < -0.39 is 41.6 Å². The molecular formula is C38H43N3O10S. The van der Waals surface area contributed by atoms with E-state index >= 15 is 0 Å². The average molecular weight is 734 g/mol. The number of hydrogen-bond donors (Lipinski definition) is 3. The van der Waals surface area contributed by atoms with Crippen molar-refractivity contribution in [2.75, 3.05) is 33.3 Å². The second-order valence-electron chi connectivity index (χ2n) is 13.8. The molecule has 0 spiro atoms. The number of aliphatic hydroxyl groups excluding tert-OH is 1. The number of amides is 1. The van der Waals surface area contributed by atoms with E-state index in [4.69, 9.17) is 23.7 Å². The van der Waals surface area contributed by atoms with Crippen LogP contribution in [-0.2, 0) is 20.7 Å². The Hall–Kier alpha value is -4.50. The Morgan fingerprint density at radius 3 is 2.54 bits per heavy atom. The first-order valence-corrected chi connectivity index (χ1v) is 18.3. The molecule has 2 bridgehead atoms. The molecule has 14 heteroatoms. The summed E-state index contributed by atoms with van der Waals surface area (Å²) < 4.78 is 29.2. The Labute approximate surface area is 306 Å². The van der Waals surface area contributed by atoms with Gasteiger partial charge in [0, 0.05) is 52.6 Å². The van der Waals surface area contributed by atoms with Gasteiger partial charge in [0.1, 0.15) is 18.6 Å². The summed E-state index contributed by atoms with van der Waals surface area (Å²) in [6, 6.07) is 8.38. The number of benzene rings is 3. The van der Waals surface area contributed by atoms with E-state index in [-0.39, 0.29) is 31.1 Å². The zero-order valence-electron chi connectivity index (χ0n) is 29.9. The topological polar surface area (TPSA) is 156 Å². The van der Waals surface area contributed by atoms with E-state index in [0.29, 0.717) is 69.5 Å². The third kappa shape index (κ3) is 5.81. The third-order valence-corrected chi connectivity index (χ3v) is 12.2. The van der Waals surface area contributed by atoms with Crippen molar-refractivity contribution >= 4 is 30.1 Å². The van der Waals surface area contributed by atoms with Gasteiger partial charge in [-0.1, -0.05) is 24.3 Å². The molecule has 1 fully saturated rings. The Balaban J connectivity index is 1.44. The lowest BCUT2D eigenvalue weighted by Crippen LogP contribution is -2.69. The number of carbonyl (C=O) groups excluding carboxylic acids is 3. The quantitative estimate of drug-likeness (QED) is 0.156. The number of esters is 1. The van der Waals surface area contributed by atoms with E-state index in [1.165, 1.54) is 25.8 Å². The van der Waals surface area contributed by atoms with E-state index in [2.05, 4.69) is 10.2 Å². The second-order valence-corrected chi connectivity index (χ2v) is 14.9. The molecule has 0 aliphatic carbocycles. The highest BCUT2D eigenvalue weighted by Crippen LogP contribution is 2.63. The van der Waals surface area contributed by atoms with Crippen molar-refractivity contribution in [2.24, 2.45) is 0 Å². The van der Waals surface area contributed by atoms with Crippen LogP contribution in [0.2, 0.25) is 0 Å². The van der Waals surface area contributed by atoms with Gasteiger partial charge in [0.15, 0.2) is 23.0 Å². The number of likely N-dealkylation sites (N-methyl/N-ethyl adjacent to an activating group) is 1. The zero-order chi connectivity index (χ0) is 37.0. The molecule has 3 aromatic rings. The van der Waals surface area contributed by atoms with Crippen molar-refractivity contribution in [2.45, 2.75) is 75.8 Å². The Bertz CT molecular complexity index is 1910. The number of ether oxygens (including phenoxy) is 5. The van der Waals surface area contributed by atoms with Crippen molar-refractivity contribution in [1.29, 1.82) is 0 Å². The van der Waals surface area contributed by atoms with Gasteiger partial charge < -0.3 is 39.2 Å². The number of aliphatic hydroxyl groups is 1. The Morgan fingerprint density at radius 2 is 1.85 bits per heavy atom. The predicted molar refractivity (Wildman–Crippen MR) is 191 cm³/mol. The molecule has 7 atom stereocenters. The summed E-state index contributed by atoms with van der Waals surface area (Å²) in [6.07, 6.45) is -0.628. The van der Waals surface area contributed by atoms with Gasteiger partial charge in [-0.2, -0.15) is 0 Å². The maximum absolute atomic E-state index is 13.2. The van der Waals surface area contributed by atoms with Crippen molar-refractivity contribution in [3.05, 3.63) is 75.3 Å². The summed E-state index contributed by atoms with van der Waals surface area (Å²) in [7, 11) is 3.45. The molecule has 1 unspecified atom stereocenters. The van der Waals surface area contributed by atoms with Crippen LogP contribution in [0.1, 0.15) is 74.9 Å². The van der Waals surface area contributed by atoms with Crippen molar-refractivity contribution in [3.8, 4) is 28.7 Å². The summed E-state index contributed by atoms with van der Waals surface area (Å²) in [5.74, 6) is 1.17. The molecule has 13 nitrogen and oxygen atoms in total. The number of phenolic OH excluding ortho intramolecular Hbond substituents is 1. The number of aromatic hydroxyl groups is 1. The standard InChI is InChI=1S/C38H43N3O10S/c1-18-12-23-13-24-38(46)41-25(14-48-16-42)27-28(33(51-21(4)43)20(3)34-35(27)50-17-49-34)36(30(41)29(40(24)5)26(23)31(44)32(18)47-6)52-15-19(2)39-37(45)22-10-8-7-9-11-22/h7-12,16,19,24-25,29-30,36,38,44,46H,13-15,17H2,1-6H3,(H,39,45)/t19-,24+,25+,29+,30?,36-,38+/m1/s1. The molecule has 52 heavy (non-hydrogen) atoms. The maximum atomic E-state index is 13.2. The van der Waals surface area contributed by atoms with Crippen molar-refractivity contribution in [3.63, 3.8) is 0 Å². The van der Waals surface area contributed by atoms with Crippen LogP contribution in [0.5, 0.6) is 28.7 Å². The van der Waals surface area contributed by atoms with Gasteiger partial charge in [0.2, 0.25) is 6.79 Å². The largest absolute Gasteiger partial charge is 0.504 e. The van der Waals surface area contributed by atoms with E-state index in [1.807, 2.05) is 50.1 Å². The van der Waals surface area contributed by atoms with Crippen molar-refractivity contribution in [1.82, 2.24) is 15.1 Å². The summed E-state index contributed by atoms with van der Waals surface area (Å²) in [4.78, 5) is 41.8. The SMILES string of the molecule is COc1c(C)cc2c(c1O)[C@H]1C3[C@H](SC[C@@H](C)NC(=O)c4ccccc4)c4c(OC(C)=O)c(C)c5c(c4[C@H](COC=O)N3[C@@H](O)[C@H](C2)N1C)OCO5. The number of nitrogens with zero attached hydrogens (tertiary/aromatic N) is 2. The Kier molecular flexibility index (Phi) is 9.76. The lowest BCUT2D eigenvalue weighted by Gasteiger charge is -2.61. The molecule has 3 N–H and O–H groups in total. The molecule has 3 aromatic carbocycles. The minimum absolute atomic E-state index is 0.0185. The number of phenols is 1. The van der Waals surface area contributed by atoms with Gasteiger partial charge in [0.25, 0.3) is 12.4 Å². The van der Waals surface area contributed by atoms with Gasteiger partial charge in [0.05, 0.1) is 30.5 Å². The first kappa shape index (κ1) is 35.9. The number of nitrogens with one attached hydrogen (secondary N) is 1. The number of aryl methyl sites for hydroxylation is 1. The van der Waals surface area contributed by atoms with Crippen LogP contribution >= 0.6 is 11.8 Å². The van der Waals surface area contributed by atoms with Gasteiger partial charge >= 0.3 is 5.97 Å². The number of piperazine rings is 1. The second kappa shape index (κ2) is 14.1. The van der Waals surface area contributed by atoms with Crippen LogP contribution in [0.25, 0.3) is 0 Å². The van der Waals surface area contributed by atoms with Crippen LogP contribution in [0.4, 0.5) is 0 Å². The molecule has 1 amide bonds. The van der Waals surface area contributed by atoms with Crippen LogP contribution in [-0.4, -0.2) is 96.0 Å². The molecule has 7 rings (SSSR count). The molecular weight excluding hydrogens is 690 g/mol. The summed E-state index contributed by atoms with van der Waals surface area (Å²) in [5.41, 5.74) is 4.65. The number of thioether (sulfide) groups is 1. The van der Waals surface area contributed by atoms with E-state index in [1.54, 1.807) is 19.1 Å². The molecule has 4 heterocycles. The lowest BCUT2D eigenvalue weighted by molar-refractivity contribution is -0.181. The van der Waals surface area contributed by atoms with Crippen LogP contribution < -0.4 is 24.3 Å². The normalized spacial score (nSPS) is 24.9. The molecule has 276 valence electrons. The molecule has 4 aliphatic heterocycles. The summed E-state index contributed by atoms with van der Waals surface area (Å²) >= 11 is 1.53. The minimum atomic E-state index is -1.06. The van der Waals surface area contributed by atoms with Gasteiger partial charge in [-0.25, -0.2) is 0 Å². The smallest absolute Gasteiger partial charge is 0.308 e. The lowest BCUT2D eigenvalue weighted by atomic mass is 9.73. The molecule has 0 saturated carbocycles. The minimum Gasteiger partial charge on any atom is -0.504 e. The number of carbonyl (C=O) groups is 3.